The number of anilines is 2. The fourth-order valence-electron chi connectivity index (χ4n) is 3.10. The number of aromatic nitrogens is 1. The number of carbonyl (C=O) groups is 2. The predicted molar refractivity (Wildman–Crippen MR) is 106 cm³/mol. The minimum absolute atomic E-state index is 0.0302. The van der Waals surface area contributed by atoms with Crippen molar-refractivity contribution in [1.29, 1.82) is 0 Å². The Morgan fingerprint density at radius 2 is 2.14 bits per heavy atom. The molecule has 1 fully saturated rings. The molecular formula is C18H16FIN4O4. The van der Waals surface area contributed by atoms with Crippen LogP contribution in [0, 0.1) is 9.39 Å². The Bertz CT molecular complexity index is 980. The van der Waals surface area contributed by atoms with Gasteiger partial charge in [0.1, 0.15) is 5.82 Å². The molecule has 1 aromatic carbocycles. The maximum Gasteiger partial charge on any atom is 0.295 e. The minimum Gasteiger partial charge on any atom is -0.394 e. The van der Waals surface area contributed by atoms with Gasteiger partial charge in [0.25, 0.3) is 11.8 Å². The van der Waals surface area contributed by atoms with E-state index in [1.54, 1.807) is 6.07 Å². The van der Waals surface area contributed by atoms with Crippen molar-refractivity contribution in [2.24, 2.45) is 0 Å². The van der Waals surface area contributed by atoms with E-state index in [-0.39, 0.29) is 36.2 Å². The van der Waals surface area contributed by atoms with Gasteiger partial charge in [-0.25, -0.2) is 14.9 Å². The monoisotopic (exact) mass is 498 g/mol. The number of hydroxylamine groups is 1. The lowest BCUT2D eigenvalue weighted by Gasteiger charge is -2.15. The number of carbonyl (C=O) groups excluding carboxylic acids is 2. The molecule has 0 radical (unpaired) electrons. The zero-order valence-electron chi connectivity index (χ0n) is 14.5. The number of halogens is 2. The van der Waals surface area contributed by atoms with E-state index < -0.39 is 17.3 Å². The lowest BCUT2D eigenvalue weighted by Crippen LogP contribution is -2.28. The van der Waals surface area contributed by atoms with Crippen molar-refractivity contribution in [1.82, 2.24) is 15.8 Å². The second kappa shape index (κ2) is 7.26. The van der Waals surface area contributed by atoms with Crippen molar-refractivity contribution < 1.29 is 23.9 Å². The van der Waals surface area contributed by atoms with E-state index in [1.165, 1.54) is 18.2 Å². The third-order valence-corrected chi connectivity index (χ3v) is 5.27. The Morgan fingerprint density at radius 3 is 2.82 bits per heavy atom. The van der Waals surface area contributed by atoms with Gasteiger partial charge in [-0.3, -0.25) is 14.4 Å². The second-order valence-corrected chi connectivity index (χ2v) is 7.81. The molecule has 0 unspecified atom stereocenters. The Morgan fingerprint density at radius 1 is 1.36 bits per heavy atom. The highest BCUT2D eigenvalue weighted by atomic mass is 127. The first-order chi connectivity index (χ1) is 13.4. The van der Waals surface area contributed by atoms with Crippen molar-refractivity contribution in [3.05, 3.63) is 50.6 Å². The molecule has 146 valence electrons. The van der Waals surface area contributed by atoms with Crippen LogP contribution in [0.3, 0.4) is 0 Å². The number of hydrogen-bond acceptors (Lipinski definition) is 6. The first-order valence-electron chi connectivity index (χ1n) is 8.56. The molecule has 0 bridgehead atoms. The Kier molecular flexibility index (Phi) is 4.93. The molecule has 10 heteroatoms. The van der Waals surface area contributed by atoms with Crippen molar-refractivity contribution >= 4 is 45.8 Å². The van der Waals surface area contributed by atoms with Crippen LogP contribution in [0.4, 0.5) is 15.8 Å². The van der Waals surface area contributed by atoms with Crippen LogP contribution >= 0.6 is 22.6 Å². The summed E-state index contributed by atoms with van der Waals surface area (Å²) in [6.45, 7) is -0.354. The van der Waals surface area contributed by atoms with Crippen LogP contribution in [0.1, 0.15) is 39.4 Å². The highest BCUT2D eigenvalue weighted by molar-refractivity contribution is 14.1. The van der Waals surface area contributed by atoms with Crippen LogP contribution in [0.25, 0.3) is 0 Å². The lowest BCUT2D eigenvalue weighted by molar-refractivity contribution is 0.0165. The molecule has 1 spiro atoms. The average molecular weight is 498 g/mol. The van der Waals surface area contributed by atoms with E-state index in [0.717, 1.165) is 16.4 Å². The van der Waals surface area contributed by atoms with Crippen LogP contribution in [0.2, 0.25) is 0 Å². The van der Waals surface area contributed by atoms with Gasteiger partial charge in [0.05, 0.1) is 41.4 Å². The largest absolute Gasteiger partial charge is 0.394 e. The highest BCUT2D eigenvalue weighted by Gasteiger charge is 2.54. The number of amides is 2. The molecule has 1 saturated carbocycles. The molecule has 4 N–H and O–H groups in total. The zero-order valence-corrected chi connectivity index (χ0v) is 16.7. The average Bonchev–Trinajstić information content (AvgIpc) is 3.38. The predicted octanol–water partition coefficient (Wildman–Crippen LogP) is 1.96. The van der Waals surface area contributed by atoms with E-state index in [1.807, 2.05) is 22.6 Å². The summed E-state index contributed by atoms with van der Waals surface area (Å²) >= 11 is 1.99. The van der Waals surface area contributed by atoms with Gasteiger partial charge >= 0.3 is 0 Å². The fourth-order valence-corrected chi connectivity index (χ4v) is 3.55. The zero-order chi connectivity index (χ0) is 19.9. The van der Waals surface area contributed by atoms with E-state index >= 15 is 0 Å². The van der Waals surface area contributed by atoms with E-state index in [9.17, 15) is 14.0 Å². The number of hydrogen-bond donors (Lipinski definition) is 4. The van der Waals surface area contributed by atoms with Crippen molar-refractivity contribution in [3.63, 3.8) is 0 Å². The summed E-state index contributed by atoms with van der Waals surface area (Å²) in [7, 11) is 0. The third kappa shape index (κ3) is 3.42. The lowest BCUT2D eigenvalue weighted by atomic mass is 10.1. The molecule has 1 aromatic heterocycles. The van der Waals surface area contributed by atoms with Gasteiger partial charge in [0.15, 0.2) is 5.69 Å². The number of pyridine rings is 1. The first-order valence-corrected chi connectivity index (χ1v) is 9.64. The maximum atomic E-state index is 14.3. The number of aliphatic hydroxyl groups is 1. The molecule has 0 atom stereocenters. The van der Waals surface area contributed by atoms with Gasteiger partial charge in [0.2, 0.25) is 0 Å². The standard InChI is InChI=1S/C18H16FIN4O4/c19-11-7-9(20)1-2-12(11)21-13-8-10-15(18(3-4-18)23-16(10)26)22-14(13)17(27)24-28-6-5-25/h1-2,7-8,21,25H,3-6H2,(H,23,26)(H,24,27). The number of nitrogens with zero attached hydrogens (tertiary/aromatic N) is 1. The summed E-state index contributed by atoms with van der Waals surface area (Å²) in [6, 6.07) is 6.10. The van der Waals surface area contributed by atoms with Gasteiger partial charge < -0.3 is 15.7 Å². The van der Waals surface area contributed by atoms with Crippen LogP contribution in [-0.4, -0.2) is 35.1 Å². The third-order valence-electron chi connectivity index (χ3n) is 4.60. The molecule has 2 heterocycles. The number of nitrogens with one attached hydrogen (secondary N) is 3. The van der Waals surface area contributed by atoms with E-state index in [4.69, 9.17) is 9.94 Å². The number of fused-ring (bicyclic) bond motifs is 2. The molecule has 1 aliphatic heterocycles. The molecule has 28 heavy (non-hydrogen) atoms. The summed E-state index contributed by atoms with van der Waals surface area (Å²) < 4.78 is 15.0. The van der Waals surface area contributed by atoms with Crippen LogP contribution in [0.5, 0.6) is 0 Å². The van der Waals surface area contributed by atoms with Crippen molar-refractivity contribution in [3.8, 4) is 0 Å². The van der Waals surface area contributed by atoms with Gasteiger partial charge in [-0.1, -0.05) is 0 Å². The Hall–Kier alpha value is -2.31. The van der Waals surface area contributed by atoms with Gasteiger partial charge in [-0.2, -0.15) is 0 Å². The topological polar surface area (TPSA) is 113 Å². The van der Waals surface area contributed by atoms with Crippen LogP contribution < -0.4 is 16.1 Å². The molecule has 4 rings (SSSR count). The summed E-state index contributed by atoms with van der Waals surface area (Å²) in [6.07, 6.45) is 1.50. The quantitative estimate of drug-likeness (QED) is 0.275. The van der Waals surface area contributed by atoms with E-state index in [2.05, 4.69) is 21.1 Å². The first kappa shape index (κ1) is 19.0. The van der Waals surface area contributed by atoms with E-state index in [0.29, 0.717) is 11.3 Å². The molecule has 2 amide bonds. The van der Waals surface area contributed by atoms with Crippen LogP contribution in [0.15, 0.2) is 24.3 Å². The summed E-state index contributed by atoms with van der Waals surface area (Å²) in [4.78, 5) is 34.2. The van der Waals surface area contributed by atoms with Crippen molar-refractivity contribution in [2.75, 3.05) is 18.5 Å². The molecule has 2 aliphatic rings. The summed E-state index contributed by atoms with van der Waals surface area (Å²) in [5, 5.41) is 14.5. The van der Waals surface area contributed by atoms with Crippen molar-refractivity contribution in [2.45, 2.75) is 18.4 Å². The van der Waals surface area contributed by atoms with Gasteiger partial charge in [0, 0.05) is 3.57 Å². The normalized spacial score (nSPS) is 15.9. The van der Waals surface area contributed by atoms with Crippen LogP contribution in [-0.2, 0) is 10.4 Å². The minimum atomic E-state index is -0.667. The Labute approximate surface area is 173 Å². The molecule has 2 aromatic rings. The second-order valence-electron chi connectivity index (χ2n) is 6.57. The Balaban J connectivity index is 1.74. The number of benzene rings is 1. The summed E-state index contributed by atoms with van der Waals surface area (Å²) in [5.41, 5.74) is 2.85. The SMILES string of the molecule is O=C1NC2(CC2)c2nc(C(=O)NOCCO)c(Nc3ccc(I)cc3F)cc21. The number of aliphatic hydroxyl groups excluding tert-OH is 1. The summed E-state index contributed by atoms with van der Waals surface area (Å²) in [5.74, 6) is -1.44. The smallest absolute Gasteiger partial charge is 0.295 e. The maximum absolute atomic E-state index is 14.3. The number of rotatable bonds is 6. The van der Waals surface area contributed by atoms with Gasteiger partial charge in [-0.05, 0) is 59.7 Å². The fraction of sp³-hybridized carbons (Fsp3) is 0.278. The van der Waals surface area contributed by atoms with Gasteiger partial charge in [-0.15, -0.1) is 0 Å². The molecule has 1 aliphatic carbocycles. The highest BCUT2D eigenvalue weighted by Crippen LogP contribution is 2.50. The molecule has 8 nitrogen and oxygen atoms in total. The molecular weight excluding hydrogens is 482 g/mol. The molecule has 0 saturated heterocycles.